The Morgan fingerprint density at radius 2 is 1.53 bits per heavy atom. The van der Waals surface area contributed by atoms with Gasteiger partial charge in [0.2, 0.25) is 0 Å². The van der Waals surface area contributed by atoms with E-state index in [-0.39, 0.29) is 5.41 Å². The minimum atomic E-state index is -0.138. The fourth-order valence-corrected chi connectivity index (χ4v) is 3.35. The lowest BCUT2D eigenvalue weighted by atomic mass is 9.82. The topological polar surface area (TPSA) is 0 Å². The molecular weight excluding hydrogens is 274 g/mol. The molecule has 0 aromatic heterocycles. The summed E-state index contributed by atoms with van der Waals surface area (Å²) in [5.41, 5.74) is 0.774. The van der Waals surface area contributed by atoms with Crippen molar-refractivity contribution in [2.75, 3.05) is 5.88 Å². The second-order valence-electron chi connectivity index (χ2n) is 4.07. The van der Waals surface area contributed by atoms with Crippen LogP contribution in [0.15, 0.2) is 12.1 Å². The largest absolute Gasteiger partial charge is 0.127 e. The van der Waals surface area contributed by atoms with Crippen molar-refractivity contribution in [3.63, 3.8) is 0 Å². The van der Waals surface area contributed by atoms with Crippen molar-refractivity contribution in [3.05, 3.63) is 32.8 Å². The van der Waals surface area contributed by atoms with E-state index >= 15 is 0 Å². The zero-order valence-electron chi connectivity index (χ0n) is 8.58. The summed E-state index contributed by atoms with van der Waals surface area (Å²) in [5.74, 6) is 0.572. The fraction of sp³-hybridized carbons (Fsp3) is 0.455. The molecule has 0 aliphatic heterocycles. The van der Waals surface area contributed by atoms with Crippen LogP contribution in [0.4, 0.5) is 0 Å². The molecule has 0 bridgehead atoms. The van der Waals surface area contributed by atoms with Gasteiger partial charge in [-0.2, -0.15) is 0 Å². The Morgan fingerprint density at radius 3 is 1.93 bits per heavy atom. The van der Waals surface area contributed by atoms with Gasteiger partial charge in [0.25, 0.3) is 0 Å². The Morgan fingerprint density at radius 1 is 1.07 bits per heavy atom. The maximum atomic E-state index is 6.14. The molecule has 0 amide bonds. The molecule has 0 N–H and O–H groups in total. The van der Waals surface area contributed by atoms with Gasteiger partial charge in [0.1, 0.15) is 0 Å². The number of hydrogen-bond donors (Lipinski definition) is 0. The molecule has 1 aromatic carbocycles. The predicted molar refractivity (Wildman–Crippen MR) is 69.8 cm³/mol. The first kappa shape index (κ1) is 13.4. The quantitative estimate of drug-likeness (QED) is 0.639. The van der Waals surface area contributed by atoms with Gasteiger partial charge in [-0.1, -0.05) is 48.7 Å². The van der Waals surface area contributed by atoms with Crippen LogP contribution in [0, 0.1) is 0 Å². The third-order valence-corrected chi connectivity index (χ3v) is 3.41. The number of halogens is 4. The Labute approximate surface area is 110 Å². The van der Waals surface area contributed by atoms with Crippen LogP contribution in [0.1, 0.15) is 25.8 Å². The van der Waals surface area contributed by atoms with Gasteiger partial charge < -0.3 is 0 Å². The van der Waals surface area contributed by atoms with E-state index in [0.717, 1.165) is 12.0 Å². The van der Waals surface area contributed by atoms with E-state index in [1.165, 1.54) is 0 Å². The van der Waals surface area contributed by atoms with Gasteiger partial charge in [-0.25, -0.2) is 0 Å². The van der Waals surface area contributed by atoms with Crippen molar-refractivity contribution in [1.29, 1.82) is 0 Å². The highest BCUT2D eigenvalue weighted by Crippen LogP contribution is 2.39. The smallest absolute Gasteiger partial charge is 0.0473 e. The summed E-state index contributed by atoms with van der Waals surface area (Å²) >= 11 is 23.9. The van der Waals surface area contributed by atoms with Crippen LogP contribution < -0.4 is 0 Å². The maximum Gasteiger partial charge on any atom is 0.0473 e. The molecule has 0 radical (unpaired) electrons. The van der Waals surface area contributed by atoms with E-state index in [1.807, 2.05) is 0 Å². The molecule has 1 aromatic rings. The summed E-state index contributed by atoms with van der Waals surface area (Å²) < 4.78 is 0. The number of alkyl halides is 1. The summed E-state index contributed by atoms with van der Waals surface area (Å²) in [5, 5.41) is 1.75. The summed E-state index contributed by atoms with van der Waals surface area (Å²) in [6, 6.07) is 3.42. The molecule has 84 valence electrons. The van der Waals surface area contributed by atoms with Gasteiger partial charge in [-0.3, -0.25) is 0 Å². The molecule has 4 heteroatoms. The van der Waals surface area contributed by atoms with E-state index in [4.69, 9.17) is 46.4 Å². The predicted octanol–water partition coefficient (Wildman–Crippen LogP) is 5.55. The minimum absolute atomic E-state index is 0.138. The van der Waals surface area contributed by atoms with Gasteiger partial charge in [0.05, 0.1) is 0 Å². The first-order valence-corrected chi connectivity index (χ1v) is 6.26. The van der Waals surface area contributed by atoms with Crippen molar-refractivity contribution in [2.24, 2.45) is 0 Å². The molecule has 0 unspecified atom stereocenters. The van der Waals surface area contributed by atoms with Crippen LogP contribution in [-0.2, 0) is 5.41 Å². The van der Waals surface area contributed by atoms with Crippen LogP contribution in [-0.4, -0.2) is 5.88 Å². The highest BCUT2D eigenvalue weighted by molar-refractivity contribution is 6.39. The van der Waals surface area contributed by atoms with E-state index in [1.54, 1.807) is 12.1 Å². The van der Waals surface area contributed by atoms with Crippen molar-refractivity contribution >= 4 is 46.4 Å². The third kappa shape index (κ3) is 3.17. The SMILES string of the molecule is CC(C)(CCCl)c1c(Cl)cc(Cl)cc1Cl. The number of benzene rings is 1. The average Bonchev–Trinajstić information content (AvgIpc) is 1.99. The normalized spacial score (nSPS) is 11.9. The van der Waals surface area contributed by atoms with Crippen LogP contribution in [0.3, 0.4) is 0 Å². The Balaban J connectivity index is 3.24. The summed E-state index contributed by atoms with van der Waals surface area (Å²) in [6.45, 7) is 4.13. The highest BCUT2D eigenvalue weighted by Gasteiger charge is 2.25. The first-order chi connectivity index (χ1) is 6.88. The Bertz CT molecular complexity index is 335. The van der Waals surface area contributed by atoms with Crippen molar-refractivity contribution < 1.29 is 0 Å². The van der Waals surface area contributed by atoms with Crippen LogP contribution in [0.2, 0.25) is 15.1 Å². The van der Waals surface area contributed by atoms with E-state index in [9.17, 15) is 0 Å². The molecule has 0 fully saturated rings. The van der Waals surface area contributed by atoms with Gasteiger partial charge in [-0.15, -0.1) is 11.6 Å². The lowest BCUT2D eigenvalue weighted by Gasteiger charge is -2.26. The standard InChI is InChI=1S/C11H12Cl4/c1-11(2,3-4-12)10-8(14)5-7(13)6-9(10)15/h5-6H,3-4H2,1-2H3. The average molecular weight is 286 g/mol. The third-order valence-electron chi connectivity index (χ3n) is 2.40. The molecule has 0 spiro atoms. The minimum Gasteiger partial charge on any atom is -0.127 e. The first-order valence-electron chi connectivity index (χ1n) is 4.59. The summed E-state index contributed by atoms with van der Waals surface area (Å²) in [4.78, 5) is 0. The molecule has 0 nitrogen and oxygen atoms in total. The van der Waals surface area contributed by atoms with Gasteiger partial charge >= 0.3 is 0 Å². The van der Waals surface area contributed by atoms with E-state index in [0.29, 0.717) is 20.9 Å². The molecule has 0 saturated heterocycles. The molecule has 0 heterocycles. The summed E-state index contributed by atoms with van der Waals surface area (Å²) in [7, 11) is 0. The molecule has 1 rings (SSSR count). The van der Waals surface area contributed by atoms with Crippen LogP contribution in [0.5, 0.6) is 0 Å². The molecule has 0 saturated carbocycles. The zero-order valence-corrected chi connectivity index (χ0v) is 11.6. The fourth-order valence-electron chi connectivity index (χ4n) is 1.55. The van der Waals surface area contributed by atoms with E-state index in [2.05, 4.69) is 13.8 Å². The second-order valence-corrected chi connectivity index (χ2v) is 5.70. The Hall–Kier alpha value is 0.380. The lowest BCUT2D eigenvalue weighted by molar-refractivity contribution is 0.510. The maximum absolute atomic E-state index is 6.14. The monoisotopic (exact) mass is 284 g/mol. The van der Waals surface area contributed by atoms with Crippen LogP contribution in [0.25, 0.3) is 0 Å². The van der Waals surface area contributed by atoms with Gasteiger partial charge in [-0.05, 0) is 29.5 Å². The second kappa shape index (κ2) is 5.14. The molecule has 15 heavy (non-hydrogen) atoms. The highest BCUT2D eigenvalue weighted by atomic mass is 35.5. The number of rotatable bonds is 3. The van der Waals surface area contributed by atoms with Crippen molar-refractivity contribution in [1.82, 2.24) is 0 Å². The van der Waals surface area contributed by atoms with Crippen molar-refractivity contribution in [2.45, 2.75) is 25.7 Å². The van der Waals surface area contributed by atoms with Crippen molar-refractivity contribution in [3.8, 4) is 0 Å². The molecular formula is C11H12Cl4. The molecule has 0 aliphatic rings. The van der Waals surface area contributed by atoms with Crippen LogP contribution >= 0.6 is 46.4 Å². The lowest BCUT2D eigenvalue weighted by Crippen LogP contribution is -2.19. The molecule has 0 atom stereocenters. The van der Waals surface area contributed by atoms with Gasteiger partial charge in [0.15, 0.2) is 0 Å². The molecule has 0 aliphatic carbocycles. The zero-order chi connectivity index (χ0) is 11.6. The van der Waals surface area contributed by atoms with E-state index < -0.39 is 0 Å². The number of hydrogen-bond acceptors (Lipinski definition) is 0. The summed E-state index contributed by atoms with van der Waals surface area (Å²) in [6.07, 6.45) is 0.815. The Kier molecular flexibility index (Phi) is 4.61. The van der Waals surface area contributed by atoms with Gasteiger partial charge in [0, 0.05) is 20.9 Å².